The van der Waals surface area contributed by atoms with Crippen LogP contribution in [0.3, 0.4) is 0 Å². The third-order valence-electron chi connectivity index (χ3n) is 5.96. The number of hydrogen-bond donors (Lipinski definition) is 2. The van der Waals surface area contributed by atoms with Gasteiger partial charge in [0.1, 0.15) is 18.5 Å². The van der Waals surface area contributed by atoms with Gasteiger partial charge in [-0.1, -0.05) is 74.9 Å². The molecule has 2 N–H and O–H groups in total. The third-order valence-corrected chi connectivity index (χ3v) is 5.96. The summed E-state index contributed by atoms with van der Waals surface area (Å²) in [5.41, 5.74) is 3.68. The second kappa shape index (κ2) is 12.7. The number of aliphatic hydroxyl groups is 1. The number of benzene rings is 2. The number of unbranched alkanes of at least 4 members (excludes halogenated alkanes) is 5. The first kappa shape index (κ1) is 24.3. The molecule has 0 aliphatic heterocycles. The molecule has 0 radical (unpaired) electrons. The molecule has 32 heavy (non-hydrogen) atoms. The molecule has 4 heteroatoms. The van der Waals surface area contributed by atoms with Crippen LogP contribution in [-0.2, 0) is 6.54 Å². The smallest absolute Gasteiger partial charge is 0.129 e. The van der Waals surface area contributed by atoms with E-state index in [1.807, 2.05) is 12.1 Å². The van der Waals surface area contributed by atoms with Gasteiger partial charge in [-0.25, -0.2) is 0 Å². The van der Waals surface area contributed by atoms with E-state index >= 15 is 0 Å². The maximum absolute atomic E-state index is 10.4. The second-order valence-corrected chi connectivity index (χ2v) is 9.00. The summed E-state index contributed by atoms with van der Waals surface area (Å²) >= 11 is 0. The van der Waals surface area contributed by atoms with E-state index in [4.69, 9.17) is 4.74 Å². The largest absolute Gasteiger partial charge is 0.490 e. The molecule has 0 bridgehead atoms. The Kier molecular flexibility index (Phi) is 9.63. The number of hydrogen-bond acceptors (Lipinski definition) is 3. The van der Waals surface area contributed by atoms with Crippen molar-refractivity contribution in [3.05, 3.63) is 54.1 Å². The van der Waals surface area contributed by atoms with E-state index in [0.29, 0.717) is 6.54 Å². The number of nitrogens with zero attached hydrogens (tertiary/aromatic N) is 1. The Morgan fingerprint density at radius 1 is 1.00 bits per heavy atom. The Balaban J connectivity index is 1.61. The molecule has 0 spiro atoms. The number of rotatable bonds is 14. The lowest BCUT2D eigenvalue weighted by Crippen LogP contribution is -2.32. The van der Waals surface area contributed by atoms with E-state index in [2.05, 4.69) is 67.1 Å². The van der Waals surface area contributed by atoms with Crippen molar-refractivity contribution < 1.29 is 9.84 Å². The lowest BCUT2D eigenvalue weighted by atomic mass is 10.1. The number of allylic oxidation sites excluding steroid dienone is 2. The summed E-state index contributed by atoms with van der Waals surface area (Å²) in [7, 11) is 0. The molecule has 0 aliphatic carbocycles. The predicted molar refractivity (Wildman–Crippen MR) is 137 cm³/mol. The van der Waals surface area contributed by atoms with Crippen LogP contribution in [0.15, 0.2) is 54.1 Å². The van der Waals surface area contributed by atoms with E-state index in [9.17, 15) is 5.11 Å². The Morgan fingerprint density at radius 3 is 2.56 bits per heavy atom. The quantitative estimate of drug-likeness (QED) is 0.225. The molecule has 174 valence electrons. The topological polar surface area (TPSA) is 46.4 Å². The molecule has 3 rings (SSSR count). The summed E-state index contributed by atoms with van der Waals surface area (Å²) in [5, 5.41) is 16.1. The lowest BCUT2D eigenvalue weighted by molar-refractivity contribution is 0.107. The molecule has 4 nitrogen and oxygen atoms in total. The fourth-order valence-corrected chi connectivity index (χ4v) is 4.20. The number of ether oxygens (including phenoxy) is 1. The van der Waals surface area contributed by atoms with Crippen LogP contribution in [0.25, 0.3) is 21.8 Å². The molecule has 1 aromatic heterocycles. The Hall–Kier alpha value is -2.30. The summed E-state index contributed by atoms with van der Waals surface area (Å²) in [6.07, 6.45) is 9.43. The Bertz CT molecular complexity index is 1000. The average Bonchev–Trinajstić information content (AvgIpc) is 3.12. The Labute approximate surface area is 193 Å². The summed E-state index contributed by atoms with van der Waals surface area (Å²) in [4.78, 5) is 0. The molecule has 0 saturated heterocycles. The number of aromatic nitrogens is 1. The van der Waals surface area contributed by atoms with Crippen LogP contribution < -0.4 is 10.1 Å². The average molecular weight is 437 g/mol. The number of para-hydroxylation sites is 1. The summed E-state index contributed by atoms with van der Waals surface area (Å²) < 4.78 is 8.47. The van der Waals surface area contributed by atoms with Crippen LogP contribution in [0.1, 0.15) is 59.3 Å². The maximum Gasteiger partial charge on any atom is 0.129 e. The molecule has 0 aliphatic rings. The van der Waals surface area contributed by atoms with Gasteiger partial charge in [-0.05, 0) is 45.0 Å². The van der Waals surface area contributed by atoms with Gasteiger partial charge in [0.2, 0.25) is 0 Å². The minimum Gasteiger partial charge on any atom is -0.490 e. The van der Waals surface area contributed by atoms with Crippen molar-refractivity contribution in [1.82, 2.24) is 9.88 Å². The van der Waals surface area contributed by atoms with Gasteiger partial charge in [0.15, 0.2) is 0 Å². The van der Waals surface area contributed by atoms with Crippen molar-refractivity contribution in [2.75, 3.05) is 19.7 Å². The van der Waals surface area contributed by atoms with E-state index < -0.39 is 6.10 Å². The molecule has 1 unspecified atom stereocenters. The molecular weight excluding hydrogens is 396 g/mol. The summed E-state index contributed by atoms with van der Waals surface area (Å²) in [6, 6.07) is 14.7. The highest BCUT2D eigenvalue weighted by molar-refractivity contribution is 6.11. The van der Waals surface area contributed by atoms with Gasteiger partial charge in [-0.15, -0.1) is 0 Å². The zero-order valence-electron chi connectivity index (χ0n) is 20.1. The van der Waals surface area contributed by atoms with Crippen LogP contribution in [0.2, 0.25) is 0 Å². The first-order valence-electron chi connectivity index (χ1n) is 12.3. The van der Waals surface area contributed by atoms with Gasteiger partial charge in [0.05, 0.1) is 5.52 Å². The highest BCUT2D eigenvalue weighted by Gasteiger charge is 2.15. The standard InChI is InChI=1S/C28H40N2O2/c1-4-5-6-7-8-11-18-29-20-23(31)21-32-27-16-12-15-26-28(27)24-13-9-10-14-25(24)30(26)19-17-22(2)3/h9-10,12-17,23,29,31H,4-8,11,18-21H2,1-3H3. The van der Waals surface area contributed by atoms with Crippen LogP contribution in [-0.4, -0.2) is 35.5 Å². The van der Waals surface area contributed by atoms with Crippen LogP contribution in [0.4, 0.5) is 0 Å². The van der Waals surface area contributed by atoms with Crippen molar-refractivity contribution in [1.29, 1.82) is 0 Å². The highest BCUT2D eigenvalue weighted by atomic mass is 16.5. The summed E-state index contributed by atoms with van der Waals surface area (Å²) in [5.74, 6) is 0.838. The molecule has 0 amide bonds. The summed E-state index contributed by atoms with van der Waals surface area (Å²) in [6.45, 7) is 9.14. The fourth-order valence-electron chi connectivity index (χ4n) is 4.20. The van der Waals surface area contributed by atoms with Gasteiger partial charge in [0.25, 0.3) is 0 Å². The van der Waals surface area contributed by atoms with Crippen molar-refractivity contribution >= 4 is 21.8 Å². The van der Waals surface area contributed by atoms with E-state index in [1.54, 1.807) is 0 Å². The molecule has 3 aromatic rings. The van der Waals surface area contributed by atoms with Gasteiger partial charge < -0.3 is 19.7 Å². The van der Waals surface area contributed by atoms with Crippen molar-refractivity contribution in [2.24, 2.45) is 0 Å². The van der Waals surface area contributed by atoms with Crippen LogP contribution in [0, 0.1) is 0 Å². The predicted octanol–water partition coefficient (Wildman–Crippen LogP) is 6.45. The number of aliphatic hydroxyl groups excluding tert-OH is 1. The van der Waals surface area contributed by atoms with Gasteiger partial charge in [-0.3, -0.25) is 0 Å². The number of fused-ring (bicyclic) bond motifs is 3. The van der Waals surface area contributed by atoms with E-state index in [0.717, 1.165) is 29.7 Å². The molecule has 0 saturated carbocycles. The first-order chi connectivity index (χ1) is 15.6. The monoisotopic (exact) mass is 436 g/mol. The zero-order valence-corrected chi connectivity index (χ0v) is 20.1. The SMILES string of the molecule is CCCCCCCCNCC(O)COc1cccc2c1c1ccccc1n2CC=C(C)C. The fraction of sp³-hybridized carbons (Fsp3) is 0.500. The van der Waals surface area contributed by atoms with E-state index in [1.165, 1.54) is 55.0 Å². The van der Waals surface area contributed by atoms with Gasteiger partial charge in [-0.2, -0.15) is 0 Å². The lowest BCUT2D eigenvalue weighted by Gasteiger charge is -2.14. The molecule has 1 heterocycles. The zero-order chi connectivity index (χ0) is 22.8. The Morgan fingerprint density at radius 2 is 1.75 bits per heavy atom. The van der Waals surface area contributed by atoms with Gasteiger partial charge >= 0.3 is 0 Å². The molecule has 1 atom stereocenters. The normalized spacial score (nSPS) is 12.4. The van der Waals surface area contributed by atoms with Crippen LogP contribution in [0.5, 0.6) is 5.75 Å². The first-order valence-corrected chi connectivity index (χ1v) is 12.3. The molecule has 2 aromatic carbocycles. The number of nitrogens with one attached hydrogen (secondary N) is 1. The van der Waals surface area contributed by atoms with Crippen molar-refractivity contribution in [2.45, 2.75) is 71.9 Å². The highest BCUT2D eigenvalue weighted by Crippen LogP contribution is 2.35. The minimum absolute atomic E-state index is 0.288. The maximum atomic E-state index is 10.4. The molecular formula is C28H40N2O2. The van der Waals surface area contributed by atoms with Crippen molar-refractivity contribution in [3.8, 4) is 5.75 Å². The van der Waals surface area contributed by atoms with Crippen molar-refractivity contribution in [3.63, 3.8) is 0 Å². The van der Waals surface area contributed by atoms with Gasteiger partial charge in [0, 0.05) is 29.4 Å². The second-order valence-electron chi connectivity index (χ2n) is 9.00. The molecule has 0 fully saturated rings. The minimum atomic E-state index is -0.524. The van der Waals surface area contributed by atoms with E-state index in [-0.39, 0.29) is 6.61 Å². The third kappa shape index (κ3) is 6.60. The van der Waals surface area contributed by atoms with Crippen LogP contribution >= 0.6 is 0 Å².